The lowest BCUT2D eigenvalue weighted by Gasteiger charge is -2.13. The number of thiophene rings is 1. The smallest absolute Gasteiger partial charge is 0.210 e. The lowest BCUT2D eigenvalue weighted by atomic mass is 10.1. The summed E-state index contributed by atoms with van der Waals surface area (Å²) in [6.45, 7) is 3.43. The van der Waals surface area contributed by atoms with Gasteiger partial charge in [-0.25, -0.2) is 4.99 Å². The molecule has 0 spiro atoms. The summed E-state index contributed by atoms with van der Waals surface area (Å²) in [7, 11) is 0. The second-order valence-corrected chi connectivity index (χ2v) is 7.69. The van der Waals surface area contributed by atoms with Gasteiger partial charge >= 0.3 is 0 Å². The third-order valence-electron chi connectivity index (χ3n) is 3.18. The van der Waals surface area contributed by atoms with Gasteiger partial charge in [0.2, 0.25) is 5.17 Å². The minimum absolute atomic E-state index is 0.173. The fourth-order valence-corrected chi connectivity index (χ4v) is 4.28. The van der Waals surface area contributed by atoms with Gasteiger partial charge in [0, 0.05) is 10.8 Å². The molecule has 122 valence electrons. The number of hydrogen-bond donors (Lipinski definition) is 3. The topological polar surface area (TPSA) is 83.0 Å². The highest BCUT2D eigenvalue weighted by Crippen LogP contribution is 2.41. The van der Waals surface area contributed by atoms with Crippen molar-refractivity contribution in [2.75, 3.05) is 4.72 Å². The van der Waals surface area contributed by atoms with Gasteiger partial charge in [0.05, 0.1) is 14.8 Å². The molecular formula is C16H14N4OS3. The van der Waals surface area contributed by atoms with Crippen molar-refractivity contribution < 1.29 is 5.11 Å². The number of nitrogens with two attached hydrogens (primary N) is 1. The van der Waals surface area contributed by atoms with Crippen molar-refractivity contribution in [2.24, 2.45) is 15.9 Å². The SMILES string of the molecule is C=N/C(=N\N)Sc1cc(NSc2cccs2)c2ccccc2c1O. The van der Waals surface area contributed by atoms with Crippen LogP contribution in [0.1, 0.15) is 0 Å². The van der Waals surface area contributed by atoms with E-state index in [1.165, 1.54) is 23.7 Å². The normalized spacial score (nSPS) is 11.6. The Labute approximate surface area is 151 Å². The maximum absolute atomic E-state index is 10.6. The Bertz CT molecular complexity index is 894. The minimum atomic E-state index is 0.173. The summed E-state index contributed by atoms with van der Waals surface area (Å²) in [5.74, 6) is 5.46. The van der Waals surface area contributed by atoms with Gasteiger partial charge in [0.25, 0.3) is 0 Å². The van der Waals surface area contributed by atoms with Crippen LogP contribution in [0.15, 0.2) is 67.0 Å². The van der Waals surface area contributed by atoms with E-state index in [1.807, 2.05) is 47.8 Å². The van der Waals surface area contributed by atoms with Crippen LogP contribution in [0.2, 0.25) is 0 Å². The highest BCUT2D eigenvalue weighted by atomic mass is 32.2. The number of phenolic OH excluding ortho intramolecular Hbond substituents is 1. The number of hydrogen-bond acceptors (Lipinski definition) is 7. The monoisotopic (exact) mass is 374 g/mol. The highest BCUT2D eigenvalue weighted by Gasteiger charge is 2.14. The molecule has 1 aromatic heterocycles. The Hall–Kier alpha value is -2.16. The number of phenols is 1. The maximum atomic E-state index is 10.6. The fraction of sp³-hybridized carbons (Fsp3) is 0. The molecule has 3 aromatic rings. The molecule has 8 heteroatoms. The number of rotatable bonds is 4. The zero-order valence-electron chi connectivity index (χ0n) is 12.5. The van der Waals surface area contributed by atoms with Crippen LogP contribution >= 0.6 is 35.0 Å². The predicted molar refractivity (Wildman–Crippen MR) is 106 cm³/mol. The van der Waals surface area contributed by atoms with Crippen molar-refractivity contribution in [3.05, 3.63) is 47.8 Å². The number of aromatic hydroxyl groups is 1. The zero-order valence-corrected chi connectivity index (χ0v) is 14.9. The van der Waals surface area contributed by atoms with E-state index in [0.717, 1.165) is 20.7 Å². The van der Waals surface area contributed by atoms with E-state index in [1.54, 1.807) is 11.3 Å². The van der Waals surface area contributed by atoms with Gasteiger partial charge in [0.1, 0.15) is 5.75 Å². The Morgan fingerprint density at radius 1 is 1.21 bits per heavy atom. The van der Waals surface area contributed by atoms with E-state index in [9.17, 15) is 5.11 Å². The molecule has 0 amide bonds. The van der Waals surface area contributed by atoms with Gasteiger partial charge < -0.3 is 15.7 Å². The van der Waals surface area contributed by atoms with Crippen molar-refractivity contribution in [1.29, 1.82) is 0 Å². The van der Waals surface area contributed by atoms with Crippen LogP contribution in [0.25, 0.3) is 10.8 Å². The summed E-state index contributed by atoms with van der Waals surface area (Å²) < 4.78 is 4.50. The van der Waals surface area contributed by atoms with E-state index in [0.29, 0.717) is 4.90 Å². The zero-order chi connectivity index (χ0) is 16.9. The summed E-state index contributed by atoms with van der Waals surface area (Å²) in [5.41, 5.74) is 0.893. The number of hydrazone groups is 1. The maximum Gasteiger partial charge on any atom is 0.210 e. The Balaban J connectivity index is 2.02. The molecule has 0 saturated carbocycles. The average molecular weight is 375 g/mol. The summed E-state index contributed by atoms with van der Waals surface area (Å²) in [5, 5.41) is 18.1. The first-order chi connectivity index (χ1) is 11.7. The van der Waals surface area contributed by atoms with Crippen molar-refractivity contribution in [3.8, 4) is 5.75 Å². The van der Waals surface area contributed by atoms with E-state index in [4.69, 9.17) is 5.84 Å². The molecule has 4 N–H and O–H groups in total. The van der Waals surface area contributed by atoms with Gasteiger partial charge in [-0.05, 0) is 47.9 Å². The molecule has 5 nitrogen and oxygen atoms in total. The second-order valence-electron chi connectivity index (χ2n) is 4.62. The van der Waals surface area contributed by atoms with Crippen LogP contribution in [-0.2, 0) is 0 Å². The predicted octanol–water partition coefficient (Wildman–Crippen LogP) is 4.75. The van der Waals surface area contributed by atoms with Gasteiger partial charge in [-0.15, -0.1) is 11.3 Å². The van der Waals surface area contributed by atoms with Gasteiger partial charge in [0.15, 0.2) is 0 Å². The van der Waals surface area contributed by atoms with Crippen LogP contribution in [0.4, 0.5) is 5.69 Å². The largest absolute Gasteiger partial charge is 0.506 e. The molecule has 0 unspecified atom stereocenters. The van der Waals surface area contributed by atoms with Gasteiger partial charge in [-0.3, -0.25) is 0 Å². The van der Waals surface area contributed by atoms with Gasteiger partial charge in [-0.1, -0.05) is 30.3 Å². The van der Waals surface area contributed by atoms with Crippen LogP contribution in [0.5, 0.6) is 5.75 Å². The number of anilines is 1. The molecular weight excluding hydrogens is 360 g/mol. The van der Waals surface area contributed by atoms with Crippen molar-refractivity contribution >= 4 is 63.4 Å². The quantitative estimate of drug-likeness (QED) is 0.117. The molecule has 2 aromatic carbocycles. The lowest BCUT2D eigenvalue weighted by molar-refractivity contribution is 0.469. The number of amidine groups is 1. The standard InChI is InChI=1S/C16H14N4OS3/c1-18-16(19-17)23-13-9-12(20-24-14-7-4-8-22-14)10-5-2-3-6-11(10)15(13)21/h2-9,20-21H,1,17H2/b19-16+. The second kappa shape index (κ2) is 7.61. The van der Waals surface area contributed by atoms with Gasteiger partial charge in [-0.2, -0.15) is 5.10 Å². The van der Waals surface area contributed by atoms with E-state index >= 15 is 0 Å². The van der Waals surface area contributed by atoms with E-state index in [2.05, 4.69) is 21.5 Å². The third-order valence-corrected chi connectivity index (χ3v) is 5.99. The summed E-state index contributed by atoms with van der Waals surface area (Å²) in [6.07, 6.45) is 0. The molecule has 24 heavy (non-hydrogen) atoms. The fourth-order valence-electron chi connectivity index (χ4n) is 2.12. The molecule has 1 heterocycles. The average Bonchev–Trinajstić information content (AvgIpc) is 3.14. The molecule has 0 fully saturated rings. The van der Waals surface area contributed by atoms with Crippen molar-refractivity contribution in [3.63, 3.8) is 0 Å². The van der Waals surface area contributed by atoms with Crippen LogP contribution in [-0.4, -0.2) is 17.0 Å². The van der Waals surface area contributed by atoms with Crippen molar-refractivity contribution in [2.45, 2.75) is 9.10 Å². The summed E-state index contributed by atoms with van der Waals surface area (Å²) >= 11 is 4.35. The molecule has 0 bridgehead atoms. The van der Waals surface area contributed by atoms with Crippen LogP contribution < -0.4 is 10.6 Å². The molecule has 0 aliphatic rings. The first-order valence-electron chi connectivity index (χ1n) is 6.86. The Morgan fingerprint density at radius 2 is 2.00 bits per heavy atom. The molecule has 0 aliphatic carbocycles. The summed E-state index contributed by atoms with van der Waals surface area (Å²) in [6, 6.07) is 13.6. The molecule has 0 saturated heterocycles. The number of benzene rings is 2. The van der Waals surface area contributed by atoms with E-state index in [-0.39, 0.29) is 10.9 Å². The number of nitrogens with zero attached hydrogens (tertiary/aromatic N) is 2. The molecule has 0 aliphatic heterocycles. The van der Waals surface area contributed by atoms with E-state index < -0.39 is 0 Å². The number of aliphatic imine (C=N–C) groups is 1. The number of nitrogens with one attached hydrogen (secondary N) is 1. The Morgan fingerprint density at radius 3 is 2.67 bits per heavy atom. The number of fused-ring (bicyclic) bond motifs is 1. The van der Waals surface area contributed by atoms with Crippen molar-refractivity contribution in [1.82, 2.24) is 0 Å². The minimum Gasteiger partial charge on any atom is -0.506 e. The molecule has 3 rings (SSSR count). The first kappa shape index (κ1) is 16.7. The third kappa shape index (κ3) is 3.50. The van der Waals surface area contributed by atoms with Crippen LogP contribution in [0, 0.1) is 0 Å². The Kier molecular flexibility index (Phi) is 5.29. The number of thioether (sulfide) groups is 1. The molecule has 0 radical (unpaired) electrons. The lowest BCUT2D eigenvalue weighted by Crippen LogP contribution is -1.94. The summed E-state index contributed by atoms with van der Waals surface area (Å²) in [4.78, 5) is 4.35. The molecule has 0 atom stereocenters. The highest BCUT2D eigenvalue weighted by molar-refractivity contribution is 8.14. The van der Waals surface area contributed by atoms with Crippen LogP contribution in [0.3, 0.4) is 0 Å². The first-order valence-corrected chi connectivity index (χ1v) is 9.37.